The Labute approximate surface area is 107 Å². The van der Waals surface area contributed by atoms with Gasteiger partial charge < -0.3 is 9.63 Å². The molecule has 1 atom stereocenters. The van der Waals surface area contributed by atoms with E-state index in [1.165, 1.54) is 0 Å². The molecule has 1 aromatic heterocycles. The van der Waals surface area contributed by atoms with E-state index in [0.29, 0.717) is 18.1 Å². The van der Waals surface area contributed by atoms with Gasteiger partial charge in [-0.05, 0) is 25.8 Å². The molecule has 2 rings (SSSR count). The lowest BCUT2D eigenvalue weighted by molar-refractivity contribution is 0.159. The molecule has 2 aromatic rings. The van der Waals surface area contributed by atoms with Gasteiger partial charge in [-0.3, -0.25) is 0 Å². The van der Waals surface area contributed by atoms with Crippen LogP contribution in [0.2, 0.25) is 0 Å². The maximum Gasteiger partial charge on any atom is 0.236 e. The summed E-state index contributed by atoms with van der Waals surface area (Å²) in [5, 5.41) is 13.5. The first-order valence-corrected chi connectivity index (χ1v) is 6.13. The summed E-state index contributed by atoms with van der Waals surface area (Å²) in [6.45, 7) is 5.93. The Bertz CT molecular complexity index is 506. The van der Waals surface area contributed by atoms with Gasteiger partial charge in [0.15, 0.2) is 5.82 Å². The molecule has 4 heteroatoms. The van der Waals surface area contributed by atoms with E-state index in [2.05, 4.69) is 10.1 Å². The van der Waals surface area contributed by atoms with Crippen LogP contribution in [0.1, 0.15) is 50.6 Å². The summed E-state index contributed by atoms with van der Waals surface area (Å²) in [6, 6.07) is 9.99. The van der Waals surface area contributed by atoms with Gasteiger partial charge in [0.05, 0.1) is 5.41 Å². The molecule has 0 radical (unpaired) electrons. The normalized spacial score (nSPS) is 13.6. The van der Waals surface area contributed by atoms with Crippen molar-refractivity contribution >= 4 is 0 Å². The maximum atomic E-state index is 9.69. The first-order valence-electron chi connectivity index (χ1n) is 6.13. The van der Waals surface area contributed by atoms with E-state index in [1.54, 1.807) is 0 Å². The third-order valence-corrected chi connectivity index (χ3v) is 3.16. The van der Waals surface area contributed by atoms with Gasteiger partial charge in [0.25, 0.3) is 0 Å². The lowest BCUT2D eigenvalue weighted by atomic mass is 9.84. The Hall–Kier alpha value is -1.68. The predicted octanol–water partition coefficient (Wildman–Crippen LogP) is 2.84. The van der Waals surface area contributed by atoms with Crippen molar-refractivity contribution in [3.8, 4) is 0 Å². The minimum atomic E-state index is -0.658. The number of hydrogen-bond donors (Lipinski definition) is 1. The molecule has 1 heterocycles. The number of aliphatic hydroxyl groups excluding tert-OH is 1. The summed E-state index contributed by atoms with van der Waals surface area (Å²) in [4.78, 5) is 4.30. The molecule has 18 heavy (non-hydrogen) atoms. The van der Waals surface area contributed by atoms with Crippen molar-refractivity contribution in [2.45, 2.75) is 38.7 Å². The number of aromatic nitrogens is 2. The molecular formula is C14H18N2O2. The highest BCUT2D eigenvalue weighted by atomic mass is 16.5. The van der Waals surface area contributed by atoms with Crippen LogP contribution in [0, 0.1) is 0 Å². The summed E-state index contributed by atoms with van der Waals surface area (Å²) >= 11 is 0. The highest BCUT2D eigenvalue weighted by Gasteiger charge is 2.30. The molecule has 1 aromatic carbocycles. The Balaban J connectivity index is 2.33. The van der Waals surface area contributed by atoms with E-state index in [4.69, 9.17) is 4.52 Å². The maximum absolute atomic E-state index is 9.69. The second kappa shape index (κ2) is 4.90. The summed E-state index contributed by atoms with van der Waals surface area (Å²) in [5.41, 5.74) is 0.742. The fraction of sp³-hybridized carbons (Fsp3) is 0.429. The molecule has 0 fully saturated rings. The van der Waals surface area contributed by atoms with E-state index < -0.39 is 6.10 Å². The zero-order valence-corrected chi connectivity index (χ0v) is 10.9. The van der Waals surface area contributed by atoms with Crippen molar-refractivity contribution in [1.82, 2.24) is 10.1 Å². The van der Waals surface area contributed by atoms with Gasteiger partial charge in [0.1, 0.15) is 6.10 Å². The molecule has 0 bridgehead atoms. The highest BCUT2D eigenvalue weighted by Crippen LogP contribution is 2.30. The van der Waals surface area contributed by atoms with Gasteiger partial charge in [-0.2, -0.15) is 4.98 Å². The Morgan fingerprint density at radius 3 is 2.56 bits per heavy atom. The number of hydrogen-bond acceptors (Lipinski definition) is 4. The van der Waals surface area contributed by atoms with Gasteiger partial charge >= 0.3 is 0 Å². The zero-order valence-electron chi connectivity index (χ0n) is 10.9. The van der Waals surface area contributed by atoms with Crippen LogP contribution in [-0.2, 0) is 5.41 Å². The lowest BCUT2D eigenvalue weighted by Gasteiger charge is -2.20. The summed E-state index contributed by atoms with van der Waals surface area (Å²) < 4.78 is 5.29. The van der Waals surface area contributed by atoms with Crippen molar-refractivity contribution in [3.63, 3.8) is 0 Å². The van der Waals surface area contributed by atoms with Crippen molar-refractivity contribution in [1.29, 1.82) is 0 Å². The Kier molecular flexibility index (Phi) is 3.48. The second-order valence-corrected chi connectivity index (χ2v) is 4.87. The Morgan fingerprint density at radius 1 is 1.28 bits per heavy atom. The number of aliphatic hydroxyl groups is 1. The summed E-state index contributed by atoms with van der Waals surface area (Å²) in [7, 11) is 0. The molecule has 0 saturated carbocycles. The number of nitrogens with zero attached hydrogens (tertiary/aromatic N) is 2. The van der Waals surface area contributed by atoms with Crippen LogP contribution in [0.4, 0.5) is 0 Å². The minimum absolute atomic E-state index is 0.358. The average Bonchev–Trinajstić information content (AvgIpc) is 2.89. The van der Waals surface area contributed by atoms with Crippen molar-refractivity contribution in [2.75, 3.05) is 0 Å². The molecule has 0 aliphatic carbocycles. The highest BCUT2D eigenvalue weighted by molar-refractivity contribution is 5.29. The van der Waals surface area contributed by atoms with E-state index in [9.17, 15) is 5.11 Å². The van der Waals surface area contributed by atoms with Crippen LogP contribution in [0.15, 0.2) is 34.9 Å². The number of rotatable bonds is 4. The summed E-state index contributed by atoms with van der Waals surface area (Å²) in [6.07, 6.45) is -0.0841. The molecule has 4 nitrogen and oxygen atoms in total. The average molecular weight is 246 g/mol. The zero-order chi connectivity index (χ0) is 13.2. The molecule has 0 spiro atoms. The minimum Gasteiger partial charge on any atom is -0.385 e. The molecule has 0 aliphatic rings. The SMILES string of the molecule is CCC(O)c1noc(C(C)(C)c2ccccc2)n1. The fourth-order valence-corrected chi connectivity index (χ4v) is 1.78. The molecule has 1 N–H and O–H groups in total. The fourth-order valence-electron chi connectivity index (χ4n) is 1.78. The number of benzene rings is 1. The quantitative estimate of drug-likeness (QED) is 0.901. The molecule has 0 saturated heterocycles. The predicted molar refractivity (Wildman–Crippen MR) is 68.1 cm³/mol. The Morgan fingerprint density at radius 2 is 1.94 bits per heavy atom. The van der Waals surface area contributed by atoms with E-state index in [-0.39, 0.29) is 5.41 Å². The van der Waals surface area contributed by atoms with Crippen LogP contribution in [0.25, 0.3) is 0 Å². The van der Waals surface area contributed by atoms with Gasteiger partial charge in [0, 0.05) is 0 Å². The summed E-state index contributed by atoms with van der Waals surface area (Å²) in [5.74, 6) is 0.882. The topological polar surface area (TPSA) is 59.2 Å². The van der Waals surface area contributed by atoms with Crippen LogP contribution in [-0.4, -0.2) is 15.2 Å². The van der Waals surface area contributed by atoms with Crippen LogP contribution in [0.5, 0.6) is 0 Å². The third kappa shape index (κ3) is 2.29. The van der Waals surface area contributed by atoms with E-state index in [0.717, 1.165) is 5.56 Å². The molecule has 0 aliphatic heterocycles. The van der Waals surface area contributed by atoms with Gasteiger partial charge in [-0.15, -0.1) is 0 Å². The van der Waals surface area contributed by atoms with E-state index >= 15 is 0 Å². The lowest BCUT2D eigenvalue weighted by Crippen LogP contribution is -2.19. The van der Waals surface area contributed by atoms with Gasteiger partial charge in [0.2, 0.25) is 5.89 Å². The standard InChI is InChI=1S/C14H18N2O2/c1-4-11(17)12-15-13(18-16-12)14(2,3)10-8-6-5-7-9-10/h5-9,11,17H,4H2,1-3H3. The van der Waals surface area contributed by atoms with Crippen molar-refractivity contribution < 1.29 is 9.63 Å². The second-order valence-electron chi connectivity index (χ2n) is 4.87. The van der Waals surface area contributed by atoms with Gasteiger partial charge in [-0.1, -0.05) is 42.4 Å². The van der Waals surface area contributed by atoms with Crippen molar-refractivity contribution in [3.05, 3.63) is 47.6 Å². The third-order valence-electron chi connectivity index (χ3n) is 3.16. The molecule has 1 unspecified atom stereocenters. The molecular weight excluding hydrogens is 228 g/mol. The molecule has 96 valence electrons. The van der Waals surface area contributed by atoms with Crippen molar-refractivity contribution in [2.24, 2.45) is 0 Å². The van der Waals surface area contributed by atoms with Crippen LogP contribution >= 0.6 is 0 Å². The van der Waals surface area contributed by atoms with Crippen LogP contribution < -0.4 is 0 Å². The monoisotopic (exact) mass is 246 g/mol. The smallest absolute Gasteiger partial charge is 0.236 e. The molecule has 0 amide bonds. The first kappa shape index (κ1) is 12.8. The largest absolute Gasteiger partial charge is 0.385 e. The van der Waals surface area contributed by atoms with E-state index in [1.807, 2.05) is 51.1 Å². The van der Waals surface area contributed by atoms with Gasteiger partial charge in [-0.25, -0.2) is 0 Å². The first-order chi connectivity index (χ1) is 8.55. The van der Waals surface area contributed by atoms with Crippen LogP contribution in [0.3, 0.4) is 0 Å².